The molecule has 12 heteroatoms. The molecule has 1 aromatic heterocycles. The number of hydrogen-bond acceptors (Lipinski definition) is 6. The molecule has 0 aromatic carbocycles. The number of carbonyl (C=O) groups excluding carboxylic acids is 4. The zero-order valence-electron chi connectivity index (χ0n) is 15.7. The Kier molecular flexibility index (Phi) is 8.83. The number of alkyl halides is 2. The van der Waals surface area contributed by atoms with Crippen molar-refractivity contribution in [3.63, 3.8) is 0 Å². The molecular formula is C16H23ClFN5O5. The first-order valence-electron chi connectivity index (χ1n) is 8.43. The van der Waals surface area contributed by atoms with E-state index < -0.39 is 35.3 Å². The van der Waals surface area contributed by atoms with E-state index in [0.717, 1.165) is 0 Å². The zero-order chi connectivity index (χ0) is 21.4. The Balaban J connectivity index is 2.91. The van der Waals surface area contributed by atoms with Crippen LogP contribution in [0.4, 0.5) is 4.39 Å². The lowest BCUT2D eigenvalue weighted by Crippen LogP contribution is -2.56. The van der Waals surface area contributed by atoms with Crippen LogP contribution in [-0.2, 0) is 14.4 Å². The molecule has 0 aliphatic heterocycles. The molecule has 156 valence electrons. The first kappa shape index (κ1) is 23.3. The summed E-state index contributed by atoms with van der Waals surface area (Å²) in [4.78, 5) is 47.6. The molecule has 0 spiro atoms. The second-order valence-corrected chi connectivity index (χ2v) is 6.84. The lowest BCUT2D eigenvalue weighted by atomic mass is 10.0. The Morgan fingerprint density at radius 1 is 1.36 bits per heavy atom. The summed E-state index contributed by atoms with van der Waals surface area (Å²) in [5.74, 6) is -3.07. The Hall–Kier alpha value is -2.69. The van der Waals surface area contributed by atoms with Gasteiger partial charge in [0.25, 0.3) is 23.4 Å². The topological polar surface area (TPSA) is 148 Å². The van der Waals surface area contributed by atoms with Crippen molar-refractivity contribution in [2.45, 2.75) is 45.3 Å². The highest BCUT2D eigenvalue weighted by Gasteiger charge is 2.29. The normalized spacial score (nSPS) is 12.9. The van der Waals surface area contributed by atoms with Crippen molar-refractivity contribution in [1.82, 2.24) is 20.9 Å². The van der Waals surface area contributed by atoms with E-state index in [1.807, 2.05) is 13.8 Å². The van der Waals surface area contributed by atoms with E-state index in [0.29, 0.717) is 10.8 Å². The third kappa shape index (κ3) is 7.51. The number of primary amides is 1. The van der Waals surface area contributed by atoms with Crippen LogP contribution < -0.4 is 16.5 Å². The molecule has 0 fully saturated rings. The van der Waals surface area contributed by atoms with Crippen molar-refractivity contribution in [1.29, 1.82) is 0 Å². The number of rotatable bonds is 9. The Morgan fingerprint density at radius 3 is 2.46 bits per heavy atom. The van der Waals surface area contributed by atoms with E-state index >= 15 is 0 Å². The van der Waals surface area contributed by atoms with E-state index in [1.165, 1.54) is 6.07 Å². The molecule has 0 bridgehead atoms. The van der Waals surface area contributed by atoms with Crippen LogP contribution in [0.3, 0.4) is 0 Å². The van der Waals surface area contributed by atoms with Crippen LogP contribution in [0.2, 0.25) is 0 Å². The van der Waals surface area contributed by atoms with Gasteiger partial charge in [0, 0.05) is 12.5 Å². The Morgan fingerprint density at radius 2 is 2.00 bits per heavy atom. The van der Waals surface area contributed by atoms with Crippen molar-refractivity contribution in [2.24, 2.45) is 11.7 Å². The molecule has 2 atom stereocenters. The Bertz CT molecular complexity index is 724. The maximum atomic E-state index is 13.2. The third-order valence-electron chi connectivity index (χ3n) is 3.47. The third-order valence-corrected chi connectivity index (χ3v) is 3.66. The van der Waals surface area contributed by atoms with Crippen molar-refractivity contribution in [3.8, 4) is 0 Å². The molecule has 0 aliphatic carbocycles. The molecule has 10 nitrogen and oxygen atoms in total. The molecule has 1 aromatic rings. The smallest absolute Gasteiger partial charge is 0.291 e. The number of amides is 4. The van der Waals surface area contributed by atoms with E-state index in [9.17, 15) is 23.6 Å². The summed E-state index contributed by atoms with van der Waals surface area (Å²) in [5, 5.41) is 6.61. The number of carbonyl (C=O) groups is 4. The standard InChI is InChI=1S/C16H23ClFN5O5/c1-8(2)6-10(20-14(25)11-7-9(3)28-22-11)15(26)21-23(5-4-12(19)24)16(27)13(17)18/h7-8,10,13H,4-6H2,1-3H3,(H2,19,24)(H,20,25)(H,21,26)/t10-,13-/m0/s1. The Labute approximate surface area is 165 Å². The maximum absolute atomic E-state index is 13.2. The molecule has 0 saturated heterocycles. The summed E-state index contributed by atoms with van der Waals surface area (Å²) in [6.45, 7) is 4.86. The summed E-state index contributed by atoms with van der Waals surface area (Å²) in [6.07, 6.45) is -0.110. The lowest BCUT2D eigenvalue weighted by molar-refractivity contribution is -0.144. The largest absolute Gasteiger partial charge is 0.370 e. The minimum absolute atomic E-state index is 0.00758. The molecular weight excluding hydrogens is 397 g/mol. The highest BCUT2D eigenvalue weighted by molar-refractivity contribution is 6.29. The van der Waals surface area contributed by atoms with Crippen molar-refractivity contribution in [3.05, 3.63) is 17.5 Å². The summed E-state index contributed by atoms with van der Waals surface area (Å²) < 4.78 is 18.0. The monoisotopic (exact) mass is 419 g/mol. The van der Waals surface area contributed by atoms with Crippen LogP contribution >= 0.6 is 11.6 Å². The second kappa shape index (κ2) is 10.6. The fourth-order valence-electron chi connectivity index (χ4n) is 2.18. The summed E-state index contributed by atoms with van der Waals surface area (Å²) >= 11 is 5.14. The molecule has 4 N–H and O–H groups in total. The average Bonchev–Trinajstić information content (AvgIpc) is 3.03. The van der Waals surface area contributed by atoms with Crippen molar-refractivity contribution >= 4 is 35.2 Å². The van der Waals surface area contributed by atoms with Crippen LogP contribution in [-0.4, -0.2) is 52.0 Å². The highest BCUT2D eigenvalue weighted by atomic mass is 35.5. The van der Waals surface area contributed by atoms with Crippen LogP contribution in [0.25, 0.3) is 0 Å². The van der Waals surface area contributed by atoms with Gasteiger partial charge in [0.15, 0.2) is 5.69 Å². The van der Waals surface area contributed by atoms with Gasteiger partial charge in [0.2, 0.25) is 5.91 Å². The van der Waals surface area contributed by atoms with Gasteiger partial charge in [-0.15, -0.1) is 0 Å². The van der Waals surface area contributed by atoms with Crippen LogP contribution in [0.15, 0.2) is 10.6 Å². The van der Waals surface area contributed by atoms with Gasteiger partial charge in [-0.1, -0.05) is 30.6 Å². The molecule has 4 amide bonds. The second-order valence-electron chi connectivity index (χ2n) is 6.46. The predicted molar refractivity (Wildman–Crippen MR) is 96.4 cm³/mol. The van der Waals surface area contributed by atoms with Crippen LogP contribution in [0, 0.1) is 12.8 Å². The minimum atomic E-state index is -2.43. The number of aromatic nitrogens is 1. The molecule has 0 aliphatic rings. The zero-order valence-corrected chi connectivity index (χ0v) is 16.5. The number of aryl methyl sites for hydroxylation is 1. The molecule has 1 rings (SSSR count). The average molecular weight is 420 g/mol. The quantitative estimate of drug-likeness (QED) is 0.389. The van der Waals surface area contributed by atoms with Gasteiger partial charge in [-0.05, 0) is 19.3 Å². The van der Waals surface area contributed by atoms with Crippen molar-refractivity contribution < 1.29 is 28.1 Å². The number of halogens is 2. The van der Waals surface area contributed by atoms with E-state index in [1.54, 1.807) is 6.92 Å². The number of hydrazine groups is 1. The predicted octanol–water partition coefficient (Wildman–Crippen LogP) is 0.397. The van der Waals surface area contributed by atoms with Gasteiger partial charge < -0.3 is 15.6 Å². The number of nitrogens with zero attached hydrogens (tertiary/aromatic N) is 2. The number of nitrogens with two attached hydrogens (primary N) is 1. The van der Waals surface area contributed by atoms with E-state index in [2.05, 4.69) is 15.9 Å². The van der Waals surface area contributed by atoms with Gasteiger partial charge in [-0.3, -0.25) is 24.6 Å². The van der Waals surface area contributed by atoms with Gasteiger partial charge in [-0.25, -0.2) is 9.40 Å². The van der Waals surface area contributed by atoms with Crippen LogP contribution in [0.5, 0.6) is 0 Å². The number of nitrogens with one attached hydrogen (secondary N) is 2. The summed E-state index contributed by atoms with van der Waals surface area (Å²) in [6, 6.07) is 0.325. The van der Waals surface area contributed by atoms with E-state index in [-0.39, 0.29) is 31.0 Å². The summed E-state index contributed by atoms with van der Waals surface area (Å²) in [7, 11) is 0. The van der Waals surface area contributed by atoms with Gasteiger partial charge >= 0.3 is 0 Å². The minimum Gasteiger partial charge on any atom is -0.370 e. The lowest BCUT2D eigenvalue weighted by Gasteiger charge is -2.26. The molecule has 1 heterocycles. The first-order chi connectivity index (χ1) is 13.0. The fraction of sp³-hybridized carbons (Fsp3) is 0.562. The molecule has 0 radical (unpaired) electrons. The maximum Gasteiger partial charge on any atom is 0.291 e. The van der Waals surface area contributed by atoms with Gasteiger partial charge in [0.1, 0.15) is 11.8 Å². The SMILES string of the molecule is Cc1cc(C(=O)N[C@@H](CC(C)C)C(=O)NN(CCC(N)=O)C(=O)[C@H](F)Cl)no1. The van der Waals surface area contributed by atoms with Gasteiger partial charge in [0.05, 0.1) is 6.54 Å². The summed E-state index contributed by atoms with van der Waals surface area (Å²) in [5.41, 5.74) is 4.74. The fourth-order valence-corrected chi connectivity index (χ4v) is 2.30. The van der Waals surface area contributed by atoms with Gasteiger partial charge in [-0.2, -0.15) is 0 Å². The molecule has 0 unspecified atom stereocenters. The van der Waals surface area contributed by atoms with Crippen LogP contribution in [0.1, 0.15) is 42.9 Å². The first-order valence-corrected chi connectivity index (χ1v) is 8.87. The van der Waals surface area contributed by atoms with Crippen molar-refractivity contribution in [2.75, 3.05) is 6.54 Å². The highest BCUT2D eigenvalue weighted by Crippen LogP contribution is 2.09. The molecule has 28 heavy (non-hydrogen) atoms. The molecule has 0 saturated carbocycles. The number of hydrogen-bond donors (Lipinski definition) is 3. The van der Waals surface area contributed by atoms with E-state index in [4.69, 9.17) is 21.9 Å².